The highest BCUT2D eigenvalue weighted by molar-refractivity contribution is 5.74. The molecule has 2 amide bonds. The van der Waals surface area contributed by atoms with Crippen molar-refractivity contribution >= 4 is 6.03 Å². The van der Waals surface area contributed by atoms with Crippen molar-refractivity contribution in [2.75, 3.05) is 39.4 Å². The molecule has 1 atom stereocenters. The molecule has 0 saturated carbocycles. The monoisotopic (exact) mass is 215 g/mol. The summed E-state index contributed by atoms with van der Waals surface area (Å²) in [6.45, 7) is 7.74. The van der Waals surface area contributed by atoms with Crippen LogP contribution < -0.4 is 5.73 Å². The van der Waals surface area contributed by atoms with Gasteiger partial charge in [-0.15, -0.1) is 0 Å². The zero-order valence-electron chi connectivity index (χ0n) is 9.61. The first kappa shape index (κ1) is 12.3. The fourth-order valence-corrected chi connectivity index (χ4v) is 1.78. The normalized spacial score (nSPS) is 21.5. The molecule has 5 heteroatoms. The number of hydrogen-bond acceptors (Lipinski definition) is 3. The molecule has 0 aromatic heterocycles. The first-order valence-electron chi connectivity index (χ1n) is 5.57. The van der Waals surface area contributed by atoms with Gasteiger partial charge in [-0.25, -0.2) is 4.79 Å². The first-order chi connectivity index (χ1) is 7.24. The molecule has 15 heavy (non-hydrogen) atoms. The molecule has 0 spiro atoms. The molecule has 1 heterocycles. The standard InChI is InChI=1S/C10H21N3O2/c1-3-12(4-2)10(14)13-5-6-15-8-9(13)7-11/h9H,3-8,11H2,1-2H3. The van der Waals surface area contributed by atoms with Crippen LogP contribution in [-0.4, -0.2) is 61.3 Å². The molecule has 1 saturated heterocycles. The lowest BCUT2D eigenvalue weighted by Crippen LogP contribution is -2.56. The summed E-state index contributed by atoms with van der Waals surface area (Å²) in [7, 11) is 0. The molecule has 1 aliphatic heterocycles. The molecule has 0 aromatic carbocycles. The molecule has 2 N–H and O–H groups in total. The van der Waals surface area contributed by atoms with Gasteiger partial charge in [-0.2, -0.15) is 0 Å². The largest absolute Gasteiger partial charge is 0.377 e. The van der Waals surface area contributed by atoms with E-state index < -0.39 is 0 Å². The van der Waals surface area contributed by atoms with Crippen molar-refractivity contribution in [2.24, 2.45) is 5.73 Å². The van der Waals surface area contributed by atoms with Crippen LogP contribution in [0.2, 0.25) is 0 Å². The summed E-state index contributed by atoms with van der Waals surface area (Å²) in [5.74, 6) is 0. The zero-order valence-corrected chi connectivity index (χ0v) is 9.61. The molecule has 1 fully saturated rings. The van der Waals surface area contributed by atoms with E-state index in [0.717, 1.165) is 13.1 Å². The highest BCUT2D eigenvalue weighted by Crippen LogP contribution is 2.09. The summed E-state index contributed by atoms with van der Waals surface area (Å²) in [5.41, 5.74) is 5.62. The van der Waals surface area contributed by atoms with E-state index in [4.69, 9.17) is 10.5 Å². The Hall–Kier alpha value is -0.810. The Labute approximate surface area is 91.2 Å². The van der Waals surface area contributed by atoms with E-state index in [1.165, 1.54) is 0 Å². The van der Waals surface area contributed by atoms with Crippen LogP contribution in [0.15, 0.2) is 0 Å². The summed E-state index contributed by atoms with van der Waals surface area (Å²) >= 11 is 0. The van der Waals surface area contributed by atoms with Gasteiger partial charge in [-0.05, 0) is 13.8 Å². The minimum atomic E-state index is 0.0341. The molecule has 0 aromatic rings. The van der Waals surface area contributed by atoms with Gasteiger partial charge < -0.3 is 20.3 Å². The molecule has 1 unspecified atom stereocenters. The van der Waals surface area contributed by atoms with Crippen molar-refractivity contribution in [3.8, 4) is 0 Å². The quantitative estimate of drug-likeness (QED) is 0.727. The van der Waals surface area contributed by atoms with E-state index in [1.807, 2.05) is 23.6 Å². The number of amides is 2. The van der Waals surface area contributed by atoms with E-state index >= 15 is 0 Å². The van der Waals surface area contributed by atoms with Crippen LogP contribution in [0.5, 0.6) is 0 Å². The van der Waals surface area contributed by atoms with Gasteiger partial charge in [-0.3, -0.25) is 0 Å². The Bertz CT molecular complexity index is 207. The number of urea groups is 1. The van der Waals surface area contributed by atoms with Gasteiger partial charge in [0.15, 0.2) is 0 Å². The number of hydrogen-bond donors (Lipinski definition) is 1. The molecular formula is C10H21N3O2. The topological polar surface area (TPSA) is 58.8 Å². The lowest BCUT2D eigenvalue weighted by Gasteiger charge is -2.37. The SMILES string of the molecule is CCN(CC)C(=O)N1CCOCC1CN. The predicted molar refractivity (Wildman–Crippen MR) is 58.7 cm³/mol. The summed E-state index contributed by atoms with van der Waals surface area (Å²) in [6.07, 6.45) is 0. The Morgan fingerprint density at radius 3 is 2.73 bits per heavy atom. The van der Waals surface area contributed by atoms with Gasteiger partial charge in [-0.1, -0.05) is 0 Å². The van der Waals surface area contributed by atoms with Crippen LogP contribution >= 0.6 is 0 Å². The number of nitrogens with two attached hydrogens (primary N) is 1. The summed E-state index contributed by atoms with van der Waals surface area (Å²) in [5, 5.41) is 0. The van der Waals surface area contributed by atoms with E-state index in [1.54, 1.807) is 0 Å². The number of morpholine rings is 1. The minimum Gasteiger partial charge on any atom is -0.377 e. The average Bonchev–Trinajstić information content (AvgIpc) is 2.30. The van der Waals surface area contributed by atoms with Gasteiger partial charge in [0, 0.05) is 26.2 Å². The summed E-state index contributed by atoms with van der Waals surface area (Å²) in [4.78, 5) is 15.7. The molecule has 88 valence electrons. The zero-order chi connectivity index (χ0) is 11.3. The van der Waals surface area contributed by atoms with Crippen LogP contribution in [0.1, 0.15) is 13.8 Å². The van der Waals surface area contributed by atoms with Crippen LogP contribution in [0.4, 0.5) is 4.79 Å². The van der Waals surface area contributed by atoms with Crippen molar-refractivity contribution in [1.29, 1.82) is 0 Å². The second-order valence-corrected chi connectivity index (χ2v) is 3.61. The van der Waals surface area contributed by atoms with Gasteiger partial charge in [0.1, 0.15) is 0 Å². The van der Waals surface area contributed by atoms with Crippen LogP contribution in [0, 0.1) is 0 Å². The summed E-state index contributed by atoms with van der Waals surface area (Å²) < 4.78 is 5.31. The molecule has 0 aliphatic carbocycles. The number of carbonyl (C=O) groups excluding carboxylic acids is 1. The lowest BCUT2D eigenvalue weighted by atomic mass is 10.2. The fraction of sp³-hybridized carbons (Fsp3) is 0.900. The molecule has 0 radical (unpaired) electrons. The van der Waals surface area contributed by atoms with Gasteiger partial charge in [0.2, 0.25) is 0 Å². The maximum atomic E-state index is 12.1. The van der Waals surface area contributed by atoms with Crippen molar-refractivity contribution in [1.82, 2.24) is 9.80 Å². The van der Waals surface area contributed by atoms with Crippen LogP contribution in [-0.2, 0) is 4.74 Å². The average molecular weight is 215 g/mol. The second kappa shape index (κ2) is 5.92. The predicted octanol–water partition coefficient (Wildman–Crippen LogP) is 0.108. The second-order valence-electron chi connectivity index (χ2n) is 3.61. The number of carbonyl (C=O) groups is 1. The minimum absolute atomic E-state index is 0.0341. The van der Waals surface area contributed by atoms with Crippen molar-refractivity contribution < 1.29 is 9.53 Å². The number of ether oxygens (including phenoxy) is 1. The maximum absolute atomic E-state index is 12.1. The van der Waals surface area contributed by atoms with E-state index in [2.05, 4.69) is 0 Å². The molecule has 1 aliphatic rings. The van der Waals surface area contributed by atoms with E-state index in [-0.39, 0.29) is 12.1 Å². The third-order valence-electron chi connectivity index (χ3n) is 2.78. The summed E-state index contributed by atoms with van der Waals surface area (Å²) in [6, 6.07) is 0.116. The number of nitrogens with zero attached hydrogens (tertiary/aromatic N) is 2. The lowest BCUT2D eigenvalue weighted by molar-refractivity contribution is 0.00773. The number of rotatable bonds is 3. The van der Waals surface area contributed by atoms with Crippen LogP contribution in [0.3, 0.4) is 0 Å². The van der Waals surface area contributed by atoms with E-state index in [0.29, 0.717) is 26.3 Å². The highest BCUT2D eigenvalue weighted by atomic mass is 16.5. The Kier molecular flexibility index (Phi) is 4.84. The fourth-order valence-electron chi connectivity index (χ4n) is 1.78. The van der Waals surface area contributed by atoms with Crippen molar-refractivity contribution in [3.05, 3.63) is 0 Å². The molecule has 5 nitrogen and oxygen atoms in total. The smallest absolute Gasteiger partial charge is 0.320 e. The van der Waals surface area contributed by atoms with Crippen LogP contribution in [0.25, 0.3) is 0 Å². The Morgan fingerprint density at radius 2 is 2.20 bits per heavy atom. The van der Waals surface area contributed by atoms with Gasteiger partial charge >= 0.3 is 6.03 Å². The third-order valence-corrected chi connectivity index (χ3v) is 2.78. The van der Waals surface area contributed by atoms with E-state index in [9.17, 15) is 4.79 Å². The molecule has 1 rings (SSSR count). The molecular weight excluding hydrogens is 194 g/mol. The van der Waals surface area contributed by atoms with Gasteiger partial charge in [0.05, 0.1) is 19.3 Å². The third kappa shape index (κ3) is 2.82. The van der Waals surface area contributed by atoms with Gasteiger partial charge in [0.25, 0.3) is 0 Å². The maximum Gasteiger partial charge on any atom is 0.320 e. The van der Waals surface area contributed by atoms with Crippen molar-refractivity contribution in [3.63, 3.8) is 0 Å². The van der Waals surface area contributed by atoms with Crippen molar-refractivity contribution in [2.45, 2.75) is 19.9 Å². The molecule has 0 bridgehead atoms. The first-order valence-corrected chi connectivity index (χ1v) is 5.57. The highest BCUT2D eigenvalue weighted by Gasteiger charge is 2.28. The Morgan fingerprint density at radius 1 is 1.53 bits per heavy atom. The Balaban J connectivity index is 2.62.